The molecule has 2 aliphatic rings. The monoisotopic (exact) mass is 263 g/mol. The van der Waals surface area contributed by atoms with Crippen molar-refractivity contribution in [1.82, 2.24) is 5.01 Å². The number of carbonyl (C=O) groups excluding carboxylic acids is 1. The van der Waals surface area contributed by atoms with Gasteiger partial charge >= 0.3 is 0 Å². The molecule has 2 heterocycles. The summed E-state index contributed by atoms with van der Waals surface area (Å²) in [4.78, 5) is 16.0. The Morgan fingerprint density at radius 3 is 3.00 bits per heavy atom. The molecule has 0 aliphatic carbocycles. The smallest absolute Gasteiger partial charge is 0.254 e. The highest BCUT2D eigenvalue weighted by Crippen LogP contribution is 2.30. The molecule has 0 aromatic heterocycles. The minimum atomic E-state index is -0.445. The van der Waals surface area contributed by atoms with Crippen LogP contribution in [0.2, 0.25) is 5.02 Å². The Hall–Kier alpha value is -1.92. The van der Waals surface area contributed by atoms with Crippen LogP contribution in [-0.4, -0.2) is 29.6 Å². The number of anilines is 1. The molecule has 1 amide bonds. The van der Waals surface area contributed by atoms with Crippen LogP contribution in [0.25, 0.3) is 0 Å². The van der Waals surface area contributed by atoms with E-state index in [1.54, 1.807) is 23.4 Å². The average Bonchev–Trinajstić information content (AvgIpc) is 2.78. The molecule has 2 aliphatic heterocycles. The van der Waals surface area contributed by atoms with Gasteiger partial charge in [-0.2, -0.15) is 5.10 Å². The second-order valence-electron chi connectivity index (χ2n) is 4.04. The van der Waals surface area contributed by atoms with Crippen molar-refractivity contribution in [3.63, 3.8) is 0 Å². The van der Waals surface area contributed by atoms with Crippen molar-refractivity contribution in [2.75, 3.05) is 5.01 Å². The van der Waals surface area contributed by atoms with Crippen molar-refractivity contribution >= 4 is 35.7 Å². The molecule has 0 bridgehead atoms. The van der Waals surface area contributed by atoms with E-state index in [2.05, 4.69) is 10.1 Å². The first-order valence-corrected chi connectivity index (χ1v) is 5.74. The highest BCUT2D eigenvalue weighted by atomic mass is 35.5. The Labute approximate surface area is 108 Å². The first kappa shape index (κ1) is 11.2. The van der Waals surface area contributed by atoms with Crippen molar-refractivity contribution in [3.8, 4) is 0 Å². The van der Waals surface area contributed by atoms with Crippen LogP contribution in [0.5, 0.6) is 0 Å². The second-order valence-corrected chi connectivity index (χ2v) is 4.47. The number of hydrogen-bond acceptors (Lipinski definition) is 5. The number of rotatable bonds is 1. The predicted octanol–water partition coefficient (Wildman–Crippen LogP) is 0.832. The lowest BCUT2D eigenvalue weighted by Gasteiger charge is -2.28. The van der Waals surface area contributed by atoms with E-state index in [-0.39, 0.29) is 12.1 Å². The zero-order valence-corrected chi connectivity index (χ0v) is 10.0. The van der Waals surface area contributed by atoms with Crippen LogP contribution in [0, 0.1) is 5.92 Å². The van der Waals surface area contributed by atoms with Gasteiger partial charge in [-0.3, -0.25) is 4.79 Å². The Kier molecular flexibility index (Phi) is 2.53. The molecule has 7 heteroatoms. The maximum Gasteiger partial charge on any atom is 0.254 e. The molecule has 2 unspecified atom stereocenters. The highest BCUT2D eigenvalue weighted by Gasteiger charge is 2.40. The molecule has 0 radical (unpaired) electrons. The molecular weight excluding hydrogens is 254 g/mol. The minimum absolute atomic E-state index is 0.219. The number of hydrogen-bond donors (Lipinski definition) is 1. The van der Waals surface area contributed by atoms with Gasteiger partial charge in [0.2, 0.25) is 0 Å². The van der Waals surface area contributed by atoms with Gasteiger partial charge in [-0.1, -0.05) is 17.7 Å². The fourth-order valence-electron chi connectivity index (χ4n) is 2.00. The Morgan fingerprint density at radius 1 is 1.39 bits per heavy atom. The molecule has 2 atom stereocenters. The third-order valence-corrected chi connectivity index (χ3v) is 3.11. The number of hydrazine groups is 1. The molecule has 1 aromatic carbocycles. The topological polar surface area (TPSA) is 74.3 Å². The maximum atomic E-state index is 11.8. The first-order chi connectivity index (χ1) is 8.66. The minimum Gasteiger partial charge on any atom is -0.272 e. The van der Waals surface area contributed by atoms with Gasteiger partial charge in [0.05, 0.1) is 5.69 Å². The van der Waals surface area contributed by atoms with E-state index in [0.717, 1.165) is 10.7 Å². The summed E-state index contributed by atoms with van der Waals surface area (Å²) in [6.07, 6.45) is 2.50. The van der Waals surface area contributed by atoms with Crippen molar-refractivity contribution in [1.29, 1.82) is 0 Å². The van der Waals surface area contributed by atoms with Crippen molar-refractivity contribution in [2.24, 2.45) is 21.9 Å². The number of nitrogens with zero attached hydrogens (tertiary/aromatic N) is 4. The summed E-state index contributed by atoms with van der Waals surface area (Å²) in [6.45, 7) is 0. The molecule has 0 saturated heterocycles. The quantitative estimate of drug-likeness (QED) is 0.602. The molecular formula is C11H10ClN5O. The van der Waals surface area contributed by atoms with E-state index >= 15 is 0 Å². The Balaban J connectivity index is 1.95. The number of halogens is 1. The summed E-state index contributed by atoms with van der Waals surface area (Å²) >= 11 is 5.94. The third-order valence-electron chi connectivity index (χ3n) is 2.88. The van der Waals surface area contributed by atoms with E-state index in [9.17, 15) is 4.79 Å². The highest BCUT2D eigenvalue weighted by molar-refractivity contribution is 6.30. The average molecular weight is 264 g/mol. The van der Waals surface area contributed by atoms with Crippen LogP contribution in [0.15, 0.2) is 34.4 Å². The van der Waals surface area contributed by atoms with Crippen molar-refractivity contribution in [2.45, 2.75) is 6.17 Å². The fraction of sp³-hybridized carbons (Fsp3) is 0.182. The summed E-state index contributed by atoms with van der Waals surface area (Å²) in [6, 6.07) is 7.24. The van der Waals surface area contributed by atoms with Gasteiger partial charge < -0.3 is 0 Å². The zero-order valence-electron chi connectivity index (χ0n) is 9.27. The fourth-order valence-corrected chi connectivity index (χ4v) is 2.18. The van der Waals surface area contributed by atoms with E-state index < -0.39 is 5.92 Å². The number of hydrazone groups is 1. The molecule has 6 nitrogen and oxygen atoms in total. The number of benzene rings is 1. The number of fused-ring (bicyclic) bond motifs is 1. The van der Waals surface area contributed by atoms with Gasteiger partial charge in [0, 0.05) is 11.2 Å². The zero-order chi connectivity index (χ0) is 12.7. The summed E-state index contributed by atoms with van der Waals surface area (Å²) in [5.74, 6) is 4.81. The molecule has 18 heavy (non-hydrogen) atoms. The molecule has 0 saturated carbocycles. The SMILES string of the molecule is NN1C=NC2C(C=NN2c2cccc(Cl)c2)C1=O. The van der Waals surface area contributed by atoms with E-state index in [4.69, 9.17) is 17.4 Å². The molecule has 0 spiro atoms. The number of aliphatic imine (C=N–C) groups is 1. The van der Waals surface area contributed by atoms with Gasteiger partial charge in [0.15, 0.2) is 6.17 Å². The Bertz CT molecular complexity index is 558. The number of nitrogens with two attached hydrogens (primary N) is 1. The number of amides is 1. The van der Waals surface area contributed by atoms with Crippen LogP contribution >= 0.6 is 11.6 Å². The van der Waals surface area contributed by atoms with Gasteiger partial charge in [0.25, 0.3) is 5.91 Å². The molecule has 0 fully saturated rings. The summed E-state index contributed by atoms with van der Waals surface area (Å²) in [5, 5.41) is 7.46. The van der Waals surface area contributed by atoms with E-state index in [1.165, 1.54) is 6.34 Å². The number of carbonyl (C=O) groups is 1. The molecule has 3 rings (SSSR count). The second kappa shape index (κ2) is 4.08. The summed E-state index contributed by atoms with van der Waals surface area (Å²) in [5.41, 5.74) is 0.793. The molecule has 1 aromatic rings. The lowest BCUT2D eigenvalue weighted by atomic mass is 10.1. The van der Waals surface area contributed by atoms with Crippen LogP contribution in [-0.2, 0) is 4.79 Å². The van der Waals surface area contributed by atoms with Crippen LogP contribution in [0.1, 0.15) is 0 Å². The van der Waals surface area contributed by atoms with Gasteiger partial charge in [-0.15, -0.1) is 0 Å². The maximum absolute atomic E-state index is 11.8. The standard InChI is InChI=1S/C11H10ClN5O/c12-7-2-1-3-8(4-7)17-10-9(5-15-17)11(18)16(13)6-14-10/h1-6,9-10H,13H2. The van der Waals surface area contributed by atoms with Gasteiger partial charge in [-0.25, -0.2) is 20.9 Å². The van der Waals surface area contributed by atoms with Crippen molar-refractivity contribution in [3.05, 3.63) is 29.3 Å². The normalized spacial score (nSPS) is 25.8. The first-order valence-electron chi connectivity index (χ1n) is 5.37. The molecule has 92 valence electrons. The van der Waals surface area contributed by atoms with Crippen molar-refractivity contribution < 1.29 is 4.79 Å². The summed E-state index contributed by atoms with van der Waals surface area (Å²) < 4.78 is 0. The Morgan fingerprint density at radius 2 is 2.22 bits per heavy atom. The lowest BCUT2D eigenvalue weighted by molar-refractivity contribution is -0.130. The van der Waals surface area contributed by atoms with E-state index in [0.29, 0.717) is 5.02 Å². The van der Waals surface area contributed by atoms with E-state index in [1.807, 2.05) is 12.1 Å². The lowest BCUT2D eigenvalue weighted by Crippen LogP contribution is -2.50. The predicted molar refractivity (Wildman–Crippen MR) is 69.2 cm³/mol. The third kappa shape index (κ3) is 1.66. The van der Waals surface area contributed by atoms with Gasteiger partial charge in [-0.05, 0) is 18.2 Å². The van der Waals surface area contributed by atoms with Gasteiger partial charge in [0.1, 0.15) is 12.3 Å². The van der Waals surface area contributed by atoms with Crippen LogP contribution < -0.4 is 10.9 Å². The summed E-state index contributed by atoms with van der Waals surface area (Å²) in [7, 11) is 0. The van der Waals surface area contributed by atoms with Crippen LogP contribution in [0.4, 0.5) is 5.69 Å². The van der Waals surface area contributed by atoms with Crippen LogP contribution in [0.3, 0.4) is 0 Å². The molecule has 2 N–H and O–H groups in total. The largest absolute Gasteiger partial charge is 0.272 e.